The van der Waals surface area contributed by atoms with Crippen molar-refractivity contribution in [2.24, 2.45) is 0 Å². The SMILES string of the molecule is Cc1nc2c(c(Nc3ccc(S(C)(=O)=O)cc3F)n1)CN(CC(=O)N1CCC[C@H]1C#N)CC2. The van der Waals surface area contributed by atoms with Crippen molar-refractivity contribution in [3.63, 3.8) is 0 Å². The normalized spacial score (nSPS) is 18.6. The maximum atomic E-state index is 14.6. The van der Waals surface area contributed by atoms with Crippen LogP contribution in [0.3, 0.4) is 0 Å². The van der Waals surface area contributed by atoms with E-state index in [0.29, 0.717) is 44.1 Å². The zero-order valence-corrected chi connectivity index (χ0v) is 19.3. The number of carbonyl (C=O) groups excluding carboxylic acids is 1. The van der Waals surface area contributed by atoms with Crippen LogP contribution in [0.25, 0.3) is 0 Å². The number of fused-ring (bicyclic) bond motifs is 1. The first-order valence-corrected chi connectivity index (χ1v) is 12.6. The van der Waals surface area contributed by atoms with Crippen molar-refractivity contribution >= 4 is 27.2 Å². The molecule has 4 rings (SSSR count). The Morgan fingerprint density at radius 1 is 1.33 bits per heavy atom. The molecule has 3 heterocycles. The van der Waals surface area contributed by atoms with E-state index in [9.17, 15) is 22.9 Å². The van der Waals surface area contributed by atoms with Gasteiger partial charge in [0.1, 0.15) is 23.5 Å². The van der Waals surface area contributed by atoms with Crippen molar-refractivity contribution in [2.45, 2.75) is 43.7 Å². The molecule has 33 heavy (non-hydrogen) atoms. The lowest BCUT2D eigenvalue weighted by Crippen LogP contribution is -2.44. The van der Waals surface area contributed by atoms with Crippen molar-refractivity contribution in [3.8, 4) is 6.07 Å². The van der Waals surface area contributed by atoms with Crippen molar-refractivity contribution in [2.75, 3.05) is 31.2 Å². The van der Waals surface area contributed by atoms with Gasteiger partial charge >= 0.3 is 0 Å². The average molecular weight is 473 g/mol. The van der Waals surface area contributed by atoms with Crippen LogP contribution in [0.15, 0.2) is 23.1 Å². The summed E-state index contributed by atoms with van der Waals surface area (Å²) in [6.45, 7) is 3.57. The lowest BCUT2D eigenvalue weighted by atomic mass is 10.1. The number of nitrogens with zero attached hydrogens (tertiary/aromatic N) is 5. The van der Waals surface area contributed by atoms with Crippen LogP contribution in [0.5, 0.6) is 0 Å². The molecule has 9 nitrogen and oxygen atoms in total. The van der Waals surface area contributed by atoms with E-state index in [1.165, 1.54) is 12.1 Å². The molecule has 0 unspecified atom stereocenters. The number of carbonyl (C=O) groups is 1. The highest BCUT2D eigenvalue weighted by Crippen LogP contribution is 2.29. The quantitative estimate of drug-likeness (QED) is 0.701. The molecule has 0 saturated carbocycles. The molecule has 1 aromatic carbocycles. The number of aryl methyl sites for hydroxylation is 1. The number of aromatic nitrogens is 2. The topological polar surface area (TPSA) is 119 Å². The minimum absolute atomic E-state index is 0.0764. The number of rotatable bonds is 5. The van der Waals surface area contributed by atoms with Gasteiger partial charge in [0.2, 0.25) is 5.91 Å². The van der Waals surface area contributed by atoms with Gasteiger partial charge in [-0.05, 0) is 38.0 Å². The number of hydrogen-bond acceptors (Lipinski definition) is 8. The zero-order valence-electron chi connectivity index (χ0n) is 18.5. The molecule has 1 amide bonds. The van der Waals surface area contributed by atoms with Crippen molar-refractivity contribution in [3.05, 3.63) is 41.1 Å². The zero-order chi connectivity index (χ0) is 23.8. The van der Waals surface area contributed by atoms with E-state index in [1.807, 2.05) is 4.90 Å². The predicted octanol–water partition coefficient (Wildman–Crippen LogP) is 1.94. The third kappa shape index (κ3) is 4.96. The van der Waals surface area contributed by atoms with Crippen LogP contribution in [0, 0.1) is 24.1 Å². The Morgan fingerprint density at radius 3 is 2.82 bits per heavy atom. The maximum absolute atomic E-state index is 14.6. The van der Waals surface area contributed by atoms with Crippen LogP contribution >= 0.6 is 0 Å². The molecule has 0 aliphatic carbocycles. The van der Waals surface area contributed by atoms with Crippen LogP contribution < -0.4 is 5.32 Å². The molecule has 2 aliphatic rings. The Hall–Kier alpha value is -3.10. The van der Waals surface area contributed by atoms with Gasteiger partial charge in [-0.15, -0.1) is 0 Å². The second-order valence-corrected chi connectivity index (χ2v) is 10.4. The number of nitrogens with one attached hydrogen (secondary N) is 1. The fraction of sp³-hybridized carbons (Fsp3) is 0.455. The van der Waals surface area contributed by atoms with Gasteiger partial charge < -0.3 is 10.2 Å². The van der Waals surface area contributed by atoms with Gasteiger partial charge in [-0.25, -0.2) is 22.8 Å². The highest BCUT2D eigenvalue weighted by Gasteiger charge is 2.31. The molecule has 0 spiro atoms. The third-order valence-electron chi connectivity index (χ3n) is 5.95. The number of amides is 1. The smallest absolute Gasteiger partial charge is 0.237 e. The molecule has 0 bridgehead atoms. The molecule has 1 fully saturated rings. The fourth-order valence-corrected chi connectivity index (χ4v) is 4.90. The van der Waals surface area contributed by atoms with E-state index in [1.54, 1.807) is 11.8 Å². The largest absolute Gasteiger partial charge is 0.337 e. The van der Waals surface area contributed by atoms with E-state index in [2.05, 4.69) is 21.4 Å². The summed E-state index contributed by atoms with van der Waals surface area (Å²) in [6.07, 6.45) is 3.17. The second kappa shape index (κ2) is 9.03. The number of benzene rings is 1. The lowest BCUT2D eigenvalue weighted by Gasteiger charge is -2.31. The van der Waals surface area contributed by atoms with Crippen molar-refractivity contribution < 1.29 is 17.6 Å². The van der Waals surface area contributed by atoms with Crippen molar-refractivity contribution in [1.82, 2.24) is 19.8 Å². The van der Waals surface area contributed by atoms with Crippen LogP contribution in [0.4, 0.5) is 15.9 Å². The molecular weight excluding hydrogens is 447 g/mol. The number of nitriles is 1. The van der Waals surface area contributed by atoms with Gasteiger partial charge in [0.05, 0.1) is 28.9 Å². The van der Waals surface area contributed by atoms with E-state index < -0.39 is 15.7 Å². The molecule has 1 N–H and O–H groups in total. The Kier molecular flexibility index (Phi) is 6.32. The molecular formula is C22H25FN6O3S. The summed E-state index contributed by atoms with van der Waals surface area (Å²) in [5, 5.41) is 12.2. The number of sulfone groups is 1. The van der Waals surface area contributed by atoms with E-state index in [-0.39, 0.29) is 29.1 Å². The van der Waals surface area contributed by atoms with Crippen LogP contribution in [-0.2, 0) is 27.6 Å². The molecule has 1 aromatic heterocycles. The molecule has 11 heteroatoms. The molecule has 2 aliphatic heterocycles. The summed E-state index contributed by atoms with van der Waals surface area (Å²) in [6, 6.07) is 5.52. The third-order valence-corrected chi connectivity index (χ3v) is 7.06. The summed E-state index contributed by atoms with van der Waals surface area (Å²) in [5.41, 5.74) is 1.70. The van der Waals surface area contributed by atoms with Gasteiger partial charge in [0, 0.05) is 37.9 Å². The minimum Gasteiger partial charge on any atom is -0.337 e. The fourth-order valence-electron chi connectivity index (χ4n) is 4.27. The maximum Gasteiger partial charge on any atom is 0.237 e. The van der Waals surface area contributed by atoms with Crippen LogP contribution in [-0.4, -0.2) is 66.0 Å². The summed E-state index contributed by atoms with van der Waals surface area (Å²) in [4.78, 5) is 25.2. The summed E-state index contributed by atoms with van der Waals surface area (Å²) in [5.74, 6) is 0.175. The van der Waals surface area contributed by atoms with Gasteiger partial charge in [-0.2, -0.15) is 5.26 Å². The number of halogens is 1. The molecule has 1 saturated heterocycles. The molecule has 2 aromatic rings. The number of hydrogen-bond donors (Lipinski definition) is 1. The molecule has 174 valence electrons. The first kappa shape index (κ1) is 23.1. The van der Waals surface area contributed by atoms with Crippen LogP contribution in [0.1, 0.15) is 29.9 Å². The predicted molar refractivity (Wildman–Crippen MR) is 119 cm³/mol. The highest BCUT2D eigenvalue weighted by molar-refractivity contribution is 7.90. The number of likely N-dealkylation sites (tertiary alicyclic amines) is 1. The second-order valence-electron chi connectivity index (χ2n) is 8.42. The van der Waals surface area contributed by atoms with Gasteiger partial charge in [-0.1, -0.05) is 0 Å². The number of anilines is 2. The van der Waals surface area contributed by atoms with E-state index in [4.69, 9.17) is 0 Å². The molecule has 1 atom stereocenters. The van der Waals surface area contributed by atoms with Crippen molar-refractivity contribution in [1.29, 1.82) is 5.26 Å². The summed E-state index contributed by atoms with van der Waals surface area (Å²) < 4.78 is 38.0. The average Bonchev–Trinajstić information content (AvgIpc) is 3.24. The Labute approximate surface area is 192 Å². The van der Waals surface area contributed by atoms with Crippen LogP contribution in [0.2, 0.25) is 0 Å². The Bertz CT molecular complexity index is 1240. The van der Waals surface area contributed by atoms with E-state index in [0.717, 1.165) is 30.0 Å². The lowest BCUT2D eigenvalue weighted by molar-refractivity contribution is -0.132. The minimum atomic E-state index is -3.52. The summed E-state index contributed by atoms with van der Waals surface area (Å²) >= 11 is 0. The Morgan fingerprint density at radius 2 is 2.12 bits per heavy atom. The highest BCUT2D eigenvalue weighted by atomic mass is 32.2. The molecule has 0 radical (unpaired) electrons. The first-order valence-electron chi connectivity index (χ1n) is 10.7. The monoisotopic (exact) mass is 472 g/mol. The standard InChI is InChI=1S/C22H25FN6O3S/c1-14-25-19-7-9-28(13-21(30)29-8-3-4-15(29)11-24)12-17(19)22(26-14)27-20-6-5-16(10-18(20)23)33(2,31)32/h5-6,10,15H,3-4,7-9,12-13H2,1-2H3,(H,25,26,27)/t15-/m0/s1. The Balaban J connectivity index is 1.55. The first-order chi connectivity index (χ1) is 15.7. The summed E-state index contributed by atoms with van der Waals surface area (Å²) in [7, 11) is -3.52. The van der Waals surface area contributed by atoms with Gasteiger partial charge in [0.15, 0.2) is 9.84 Å². The van der Waals surface area contributed by atoms with Gasteiger partial charge in [-0.3, -0.25) is 9.69 Å². The van der Waals surface area contributed by atoms with E-state index >= 15 is 0 Å². The van der Waals surface area contributed by atoms with Gasteiger partial charge in [0.25, 0.3) is 0 Å².